The maximum atomic E-state index is 12.7. The van der Waals surface area contributed by atoms with E-state index >= 15 is 0 Å². The molecule has 0 saturated heterocycles. The molecule has 3 aromatic carbocycles. The zero-order chi connectivity index (χ0) is 25.0. The van der Waals surface area contributed by atoms with E-state index in [-0.39, 0.29) is 24.3 Å². The zero-order valence-corrected chi connectivity index (χ0v) is 19.9. The van der Waals surface area contributed by atoms with Crippen molar-refractivity contribution in [2.45, 2.75) is 6.42 Å². The highest BCUT2D eigenvalue weighted by molar-refractivity contribution is 6.06. The van der Waals surface area contributed by atoms with Crippen LogP contribution in [-0.2, 0) is 9.53 Å². The first-order valence-electron chi connectivity index (χ1n) is 11.3. The Morgan fingerprint density at radius 1 is 0.829 bits per heavy atom. The van der Waals surface area contributed by atoms with Crippen LogP contribution in [0.4, 0.5) is 17.1 Å². The van der Waals surface area contributed by atoms with Crippen molar-refractivity contribution in [2.75, 3.05) is 49.4 Å². The molecule has 0 fully saturated rings. The quantitative estimate of drug-likeness (QED) is 0.367. The summed E-state index contributed by atoms with van der Waals surface area (Å²) < 4.78 is 4.96. The van der Waals surface area contributed by atoms with E-state index in [0.29, 0.717) is 30.0 Å². The molecule has 0 aliphatic heterocycles. The van der Waals surface area contributed by atoms with Crippen molar-refractivity contribution in [3.05, 3.63) is 90.0 Å². The first-order chi connectivity index (χ1) is 17.0. The smallest absolute Gasteiger partial charge is 0.258 e. The molecule has 3 rings (SSSR count). The second-order valence-electron chi connectivity index (χ2n) is 7.86. The average Bonchev–Trinajstić information content (AvgIpc) is 2.90. The van der Waals surface area contributed by atoms with Crippen molar-refractivity contribution in [1.29, 1.82) is 0 Å². The van der Waals surface area contributed by atoms with E-state index in [1.165, 1.54) is 0 Å². The highest BCUT2D eigenvalue weighted by Gasteiger charge is 2.13. The van der Waals surface area contributed by atoms with Gasteiger partial charge in [0.1, 0.15) is 0 Å². The minimum Gasteiger partial charge on any atom is -0.385 e. The first-order valence-corrected chi connectivity index (χ1v) is 11.3. The number of para-hydroxylation sites is 1. The van der Waals surface area contributed by atoms with Crippen LogP contribution in [0.15, 0.2) is 78.9 Å². The largest absolute Gasteiger partial charge is 0.385 e. The Morgan fingerprint density at radius 3 is 2.11 bits per heavy atom. The summed E-state index contributed by atoms with van der Waals surface area (Å²) in [6.07, 6.45) is 0.751. The number of hydrogen-bond donors (Lipinski definition) is 3. The lowest BCUT2D eigenvalue weighted by Crippen LogP contribution is -2.26. The number of hydrogen-bond acceptors (Lipinski definition) is 5. The number of nitrogens with one attached hydrogen (secondary N) is 3. The van der Waals surface area contributed by atoms with Crippen molar-refractivity contribution in [2.24, 2.45) is 0 Å². The molecule has 8 nitrogen and oxygen atoms in total. The van der Waals surface area contributed by atoms with Crippen LogP contribution in [-0.4, -0.2) is 51.6 Å². The third-order valence-electron chi connectivity index (χ3n) is 5.27. The summed E-state index contributed by atoms with van der Waals surface area (Å²) in [6, 6.07) is 23.1. The summed E-state index contributed by atoms with van der Waals surface area (Å²) in [6.45, 7) is 1.20. The topological polar surface area (TPSA) is 99.8 Å². The molecule has 0 unspecified atom stereocenters. The molecule has 0 heterocycles. The lowest BCUT2D eigenvalue weighted by molar-refractivity contribution is -0.114. The molecule has 182 valence electrons. The van der Waals surface area contributed by atoms with Crippen molar-refractivity contribution in [3.8, 4) is 0 Å². The number of rotatable bonds is 11. The Hall–Kier alpha value is -4.17. The second-order valence-corrected chi connectivity index (χ2v) is 7.86. The standard InChI is InChI=1S/C27H30N4O4/c1-31(24-7-4-3-5-8-24)27(34)21-11-15-23(16-12-21)30-25(32)19-29-22-13-9-20(10-14-22)26(33)28-17-6-18-35-2/h3-5,7-16,29H,6,17-19H2,1-2H3,(H,28,33)(H,30,32). The third-order valence-corrected chi connectivity index (χ3v) is 5.27. The minimum atomic E-state index is -0.231. The number of nitrogens with zero attached hydrogens (tertiary/aromatic N) is 1. The number of benzene rings is 3. The average molecular weight is 475 g/mol. The molecule has 3 N–H and O–H groups in total. The molecule has 8 heteroatoms. The van der Waals surface area contributed by atoms with Gasteiger partial charge in [0.2, 0.25) is 5.91 Å². The molecule has 0 aliphatic rings. The van der Waals surface area contributed by atoms with E-state index in [4.69, 9.17) is 4.74 Å². The molecule has 0 spiro atoms. The predicted molar refractivity (Wildman–Crippen MR) is 138 cm³/mol. The number of amides is 3. The lowest BCUT2D eigenvalue weighted by Gasteiger charge is -2.17. The number of carbonyl (C=O) groups is 3. The van der Waals surface area contributed by atoms with E-state index in [9.17, 15) is 14.4 Å². The molecular weight excluding hydrogens is 444 g/mol. The fourth-order valence-electron chi connectivity index (χ4n) is 3.31. The fraction of sp³-hybridized carbons (Fsp3) is 0.222. The minimum absolute atomic E-state index is 0.0555. The maximum Gasteiger partial charge on any atom is 0.258 e. The molecule has 35 heavy (non-hydrogen) atoms. The normalized spacial score (nSPS) is 10.3. The van der Waals surface area contributed by atoms with Gasteiger partial charge < -0.3 is 25.6 Å². The summed E-state index contributed by atoms with van der Waals surface area (Å²) in [5, 5.41) is 8.66. The van der Waals surface area contributed by atoms with Crippen LogP contribution in [0.2, 0.25) is 0 Å². The predicted octanol–water partition coefficient (Wildman–Crippen LogP) is 3.78. The Labute approximate surface area is 205 Å². The van der Waals surface area contributed by atoms with E-state index in [1.807, 2.05) is 30.3 Å². The van der Waals surface area contributed by atoms with Gasteiger partial charge >= 0.3 is 0 Å². The fourth-order valence-corrected chi connectivity index (χ4v) is 3.31. The van der Waals surface area contributed by atoms with Crippen LogP contribution in [0.5, 0.6) is 0 Å². The summed E-state index contributed by atoms with van der Waals surface area (Å²) in [4.78, 5) is 38.7. The van der Waals surface area contributed by atoms with E-state index in [0.717, 1.165) is 17.8 Å². The second kappa shape index (κ2) is 12.9. The number of methoxy groups -OCH3 is 1. The van der Waals surface area contributed by atoms with Crippen LogP contribution in [0, 0.1) is 0 Å². The van der Waals surface area contributed by atoms with Gasteiger partial charge in [-0.1, -0.05) is 18.2 Å². The summed E-state index contributed by atoms with van der Waals surface area (Å²) >= 11 is 0. The molecule has 0 atom stereocenters. The summed E-state index contributed by atoms with van der Waals surface area (Å²) in [7, 11) is 3.35. The SMILES string of the molecule is COCCCNC(=O)c1ccc(NCC(=O)Nc2ccc(C(=O)N(C)c3ccccc3)cc2)cc1. The van der Waals surface area contributed by atoms with Gasteiger partial charge in [-0.05, 0) is 67.1 Å². The van der Waals surface area contributed by atoms with Crippen LogP contribution in [0.3, 0.4) is 0 Å². The number of carbonyl (C=O) groups excluding carboxylic acids is 3. The Morgan fingerprint density at radius 2 is 1.46 bits per heavy atom. The summed E-state index contributed by atoms with van der Waals surface area (Å²) in [5.74, 6) is -0.518. The Balaban J connectivity index is 1.46. The molecule has 0 radical (unpaired) electrons. The van der Waals surface area contributed by atoms with E-state index < -0.39 is 0 Å². The molecule has 0 aromatic heterocycles. The molecule has 0 saturated carbocycles. The van der Waals surface area contributed by atoms with Crippen molar-refractivity contribution in [1.82, 2.24) is 5.32 Å². The molecule has 0 aliphatic carbocycles. The Kier molecular flexibility index (Phi) is 9.39. The number of anilines is 3. The molecule has 3 aromatic rings. The van der Waals surface area contributed by atoms with Gasteiger partial charge in [0, 0.05) is 55.5 Å². The van der Waals surface area contributed by atoms with Crippen LogP contribution >= 0.6 is 0 Å². The monoisotopic (exact) mass is 474 g/mol. The van der Waals surface area contributed by atoms with Gasteiger partial charge in [0.25, 0.3) is 11.8 Å². The van der Waals surface area contributed by atoms with Crippen LogP contribution < -0.4 is 20.9 Å². The van der Waals surface area contributed by atoms with Crippen molar-refractivity contribution in [3.63, 3.8) is 0 Å². The number of ether oxygens (including phenoxy) is 1. The van der Waals surface area contributed by atoms with Crippen molar-refractivity contribution < 1.29 is 19.1 Å². The zero-order valence-electron chi connectivity index (χ0n) is 19.9. The molecular formula is C27H30N4O4. The van der Waals surface area contributed by atoms with Crippen LogP contribution in [0.1, 0.15) is 27.1 Å². The third kappa shape index (κ3) is 7.68. The van der Waals surface area contributed by atoms with Gasteiger partial charge in [-0.3, -0.25) is 14.4 Å². The first kappa shape index (κ1) is 25.5. The molecule has 3 amide bonds. The highest BCUT2D eigenvalue weighted by Crippen LogP contribution is 2.17. The van der Waals surface area contributed by atoms with Crippen molar-refractivity contribution >= 4 is 34.8 Å². The van der Waals surface area contributed by atoms with Gasteiger partial charge in [0.15, 0.2) is 0 Å². The van der Waals surface area contributed by atoms with Gasteiger partial charge in [-0.2, -0.15) is 0 Å². The van der Waals surface area contributed by atoms with Gasteiger partial charge in [0.05, 0.1) is 6.54 Å². The highest BCUT2D eigenvalue weighted by atomic mass is 16.5. The van der Waals surface area contributed by atoms with Crippen LogP contribution in [0.25, 0.3) is 0 Å². The van der Waals surface area contributed by atoms with E-state index in [2.05, 4.69) is 16.0 Å². The maximum absolute atomic E-state index is 12.7. The molecule has 0 bridgehead atoms. The van der Waals surface area contributed by atoms with E-state index in [1.54, 1.807) is 67.6 Å². The summed E-state index contributed by atoms with van der Waals surface area (Å²) in [5.41, 5.74) is 3.19. The Bertz CT molecular complexity index is 1120. The lowest BCUT2D eigenvalue weighted by atomic mass is 10.1. The van der Waals surface area contributed by atoms with Gasteiger partial charge in [-0.25, -0.2) is 0 Å². The van der Waals surface area contributed by atoms with Gasteiger partial charge in [-0.15, -0.1) is 0 Å².